The lowest BCUT2D eigenvalue weighted by Crippen LogP contribution is -2.06. The van der Waals surface area contributed by atoms with Gasteiger partial charge in [0.15, 0.2) is 0 Å². The Morgan fingerprint density at radius 2 is 2.12 bits per heavy atom. The van der Waals surface area contributed by atoms with Crippen LogP contribution in [0.25, 0.3) is 0 Å². The Bertz CT molecular complexity index is 383. The third kappa shape index (κ3) is 3.70. The second kappa shape index (κ2) is 6.60. The number of unbranched alkanes of at least 4 members (excludes halogenated alkanes) is 1. The van der Waals surface area contributed by atoms with Crippen molar-refractivity contribution in [1.29, 1.82) is 5.41 Å². The van der Waals surface area contributed by atoms with E-state index in [0.29, 0.717) is 29.2 Å². The zero-order valence-corrected chi connectivity index (χ0v) is 10.9. The van der Waals surface area contributed by atoms with Crippen LogP contribution < -0.4 is 0 Å². The van der Waals surface area contributed by atoms with Crippen molar-refractivity contribution in [3.63, 3.8) is 0 Å². The number of nitrogens with one attached hydrogen (secondary N) is 1. The van der Waals surface area contributed by atoms with Gasteiger partial charge in [-0.1, -0.05) is 24.9 Å². The van der Waals surface area contributed by atoms with Gasteiger partial charge >= 0.3 is 0 Å². The summed E-state index contributed by atoms with van der Waals surface area (Å²) in [5, 5.41) is 7.96. The Hall–Kier alpha value is -1.09. The van der Waals surface area contributed by atoms with E-state index >= 15 is 0 Å². The van der Waals surface area contributed by atoms with Gasteiger partial charge in [0, 0.05) is 16.1 Å². The van der Waals surface area contributed by atoms with Crippen LogP contribution in [0.1, 0.15) is 37.8 Å². The maximum absolute atomic E-state index is 13.8. The molecule has 0 heterocycles. The molecule has 0 amide bonds. The molecule has 0 saturated carbocycles. The highest BCUT2D eigenvalue weighted by Gasteiger charge is 2.12. The molecule has 0 unspecified atom stereocenters. The van der Waals surface area contributed by atoms with E-state index in [4.69, 9.17) is 21.7 Å². The molecule has 0 aliphatic rings. The van der Waals surface area contributed by atoms with Gasteiger partial charge in [0.2, 0.25) is 5.90 Å². The van der Waals surface area contributed by atoms with Crippen LogP contribution in [0.2, 0.25) is 5.02 Å². The van der Waals surface area contributed by atoms with Crippen molar-refractivity contribution in [2.24, 2.45) is 0 Å². The Morgan fingerprint density at radius 1 is 1.41 bits per heavy atom. The van der Waals surface area contributed by atoms with Gasteiger partial charge in [0.1, 0.15) is 5.82 Å². The van der Waals surface area contributed by atoms with Crippen molar-refractivity contribution in [2.75, 3.05) is 6.61 Å². The molecule has 4 heteroatoms. The lowest BCUT2D eigenvalue weighted by atomic mass is 10.1. The molecule has 0 atom stereocenters. The molecule has 0 aromatic heterocycles. The smallest absolute Gasteiger partial charge is 0.213 e. The number of benzene rings is 1. The minimum atomic E-state index is -0.356. The Labute approximate surface area is 106 Å². The van der Waals surface area contributed by atoms with Crippen molar-refractivity contribution in [3.05, 3.63) is 34.1 Å². The summed E-state index contributed by atoms with van der Waals surface area (Å²) in [6, 6.07) is 2.91. The van der Waals surface area contributed by atoms with Crippen molar-refractivity contribution in [2.45, 2.75) is 33.1 Å². The molecular formula is C13H17ClFNO. The van der Waals surface area contributed by atoms with Crippen molar-refractivity contribution >= 4 is 17.5 Å². The lowest BCUT2D eigenvalue weighted by Gasteiger charge is -2.09. The zero-order valence-electron chi connectivity index (χ0n) is 10.1. The quantitative estimate of drug-likeness (QED) is 0.623. The first kappa shape index (κ1) is 14.0. The summed E-state index contributed by atoms with van der Waals surface area (Å²) in [7, 11) is 0. The summed E-state index contributed by atoms with van der Waals surface area (Å²) >= 11 is 6.02. The number of ether oxygens (including phenoxy) is 1. The van der Waals surface area contributed by atoms with Crippen LogP contribution in [0.5, 0.6) is 0 Å². The molecule has 1 aromatic carbocycles. The maximum Gasteiger partial charge on any atom is 0.213 e. The molecule has 0 aliphatic heterocycles. The molecule has 0 spiro atoms. The van der Waals surface area contributed by atoms with Gasteiger partial charge in [-0.05, 0) is 31.9 Å². The minimum Gasteiger partial charge on any atom is -0.478 e. The monoisotopic (exact) mass is 257 g/mol. The van der Waals surface area contributed by atoms with E-state index in [1.54, 1.807) is 13.0 Å². The second-order valence-corrected chi connectivity index (χ2v) is 4.19. The van der Waals surface area contributed by atoms with Crippen LogP contribution in [-0.4, -0.2) is 12.5 Å². The van der Waals surface area contributed by atoms with Crippen LogP contribution >= 0.6 is 11.6 Å². The fourth-order valence-electron chi connectivity index (χ4n) is 1.55. The highest BCUT2D eigenvalue weighted by atomic mass is 35.5. The predicted octanol–water partition coefficient (Wildman–Crippen LogP) is 4.18. The summed E-state index contributed by atoms with van der Waals surface area (Å²) in [4.78, 5) is 0. The molecule has 0 radical (unpaired) electrons. The first-order valence-electron chi connectivity index (χ1n) is 5.79. The first-order chi connectivity index (χ1) is 8.10. The van der Waals surface area contributed by atoms with Gasteiger partial charge in [-0.2, -0.15) is 0 Å². The average Bonchev–Trinajstić information content (AvgIpc) is 2.28. The highest BCUT2D eigenvalue weighted by molar-refractivity contribution is 6.31. The summed E-state index contributed by atoms with van der Waals surface area (Å²) < 4.78 is 18.8. The standard InChI is InChI=1S/C13H17ClFNO/c1-3-5-6-10-11(14)7-9(8-12(10)15)13(16)17-4-2/h7-8,16H,3-6H2,1-2H3. The Morgan fingerprint density at radius 3 is 2.65 bits per heavy atom. The summed E-state index contributed by atoms with van der Waals surface area (Å²) in [5.41, 5.74) is 0.913. The Kier molecular flexibility index (Phi) is 5.42. The molecule has 94 valence electrons. The molecule has 0 bridgehead atoms. The van der Waals surface area contributed by atoms with Gasteiger partial charge in [-0.3, -0.25) is 5.41 Å². The molecule has 1 aromatic rings. The van der Waals surface area contributed by atoms with Crippen LogP contribution in [0.4, 0.5) is 4.39 Å². The summed E-state index contributed by atoms with van der Waals surface area (Å²) in [5.74, 6) is -0.402. The molecule has 2 nitrogen and oxygen atoms in total. The van der Waals surface area contributed by atoms with E-state index in [1.165, 1.54) is 6.07 Å². The SMILES string of the molecule is CCCCc1c(F)cc(C(=N)OCC)cc1Cl. The molecule has 1 N–H and O–H groups in total. The number of hydrogen-bond acceptors (Lipinski definition) is 2. The zero-order chi connectivity index (χ0) is 12.8. The van der Waals surface area contributed by atoms with Gasteiger partial charge in [-0.15, -0.1) is 0 Å². The van der Waals surface area contributed by atoms with E-state index in [2.05, 4.69) is 0 Å². The molecule has 0 aliphatic carbocycles. The van der Waals surface area contributed by atoms with Gasteiger partial charge in [0.25, 0.3) is 0 Å². The third-order valence-electron chi connectivity index (χ3n) is 2.47. The van der Waals surface area contributed by atoms with E-state index < -0.39 is 0 Å². The van der Waals surface area contributed by atoms with Crippen molar-refractivity contribution in [3.8, 4) is 0 Å². The third-order valence-corrected chi connectivity index (χ3v) is 2.81. The van der Waals surface area contributed by atoms with Crippen LogP contribution in [-0.2, 0) is 11.2 Å². The van der Waals surface area contributed by atoms with E-state index in [0.717, 1.165) is 12.8 Å². The number of hydrogen-bond donors (Lipinski definition) is 1. The van der Waals surface area contributed by atoms with Gasteiger partial charge < -0.3 is 4.74 Å². The summed E-state index contributed by atoms with van der Waals surface area (Å²) in [6.07, 6.45) is 2.52. The van der Waals surface area contributed by atoms with E-state index in [-0.39, 0.29) is 11.7 Å². The van der Waals surface area contributed by atoms with Crippen molar-refractivity contribution < 1.29 is 9.13 Å². The first-order valence-corrected chi connectivity index (χ1v) is 6.17. The highest BCUT2D eigenvalue weighted by Crippen LogP contribution is 2.24. The topological polar surface area (TPSA) is 33.1 Å². The summed E-state index contributed by atoms with van der Waals surface area (Å²) in [6.45, 7) is 4.21. The molecule has 17 heavy (non-hydrogen) atoms. The van der Waals surface area contributed by atoms with Crippen LogP contribution in [0.3, 0.4) is 0 Å². The van der Waals surface area contributed by atoms with E-state index in [9.17, 15) is 4.39 Å². The average molecular weight is 258 g/mol. The normalized spacial score (nSPS) is 10.4. The molecular weight excluding hydrogens is 241 g/mol. The minimum absolute atomic E-state index is 0.0460. The lowest BCUT2D eigenvalue weighted by molar-refractivity contribution is 0.325. The van der Waals surface area contributed by atoms with Crippen LogP contribution in [0, 0.1) is 11.2 Å². The fraction of sp³-hybridized carbons (Fsp3) is 0.462. The molecule has 0 fully saturated rings. The number of halogens is 2. The van der Waals surface area contributed by atoms with Crippen LogP contribution in [0.15, 0.2) is 12.1 Å². The van der Waals surface area contributed by atoms with Gasteiger partial charge in [-0.25, -0.2) is 4.39 Å². The molecule has 1 rings (SSSR count). The van der Waals surface area contributed by atoms with Crippen molar-refractivity contribution in [1.82, 2.24) is 0 Å². The molecule has 0 saturated heterocycles. The second-order valence-electron chi connectivity index (χ2n) is 3.78. The largest absolute Gasteiger partial charge is 0.478 e. The van der Waals surface area contributed by atoms with E-state index in [1.807, 2.05) is 6.92 Å². The maximum atomic E-state index is 13.8. The van der Waals surface area contributed by atoms with Gasteiger partial charge in [0.05, 0.1) is 6.61 Å². The fourth-order valence-corrected chi connectivity index (χ4v) is 1.86. The predicted molar refractivity (Wildman–Crippen MR) is 68.5 cm³/mol. The number of rotatable bonds is 5. The Balaban J connectivity index is 2.96.